The minimum Gasteiger partial charge on any atom is -0.744 e. The van der Waals surface area contributed by atoms with Crippen molar-refractivity contribution < 1.29 is 90.2 Å². The number of phenolic OH excluding ortho intramolecular Hbond substituents is 1. The summed E-state index contributed by atoms with van der Waals surface area (Å²) in [6.07, 6.45) is 0. The van der Waals surface area contributed by atoms with Gasteiger partial charge in [0.1, 0.15) is 31.7 Å². The van der Waals surface area contributed by atoms with Crippen molar-refractivity contribution >= 4 is 42.4 Å². The Morgan fingerprint density at radius 1 is 0.793 bits per heavy atom. The summed E-state index contributed by atoms with van der Waals surface area (Å²) in [5, 5.41) is 17.3. The summed E-state index contributed by atoms with van der Waals surface area (Å²) in [5.74, 6) is -0.482. The molecule has 0 bridgehead atoms. The van der Waals surface area contributed by atoms with Crippen LogP contribution in [0.4, 0.5) is 11.4 Å². The first-order chi connectivity index (χ1) is 12.6. The number of nitrogens with zero attached hydrogens (tertiary/aromatic N) is 2. The van der Waals surface area contributed by atoms with E-state index < -0.39 is 35.8 Å². The van der Waals surface area contributed by atoms with Crippen molar-refractivity contribution in [2.24, 2.45) is 10.2 Å². The second-order valence-electron chi connectivity index (χ2n) is 5.40. The van der Waals surface area contributed by atoms with Crippen LogP contribution in [0.5, 0.6) is 5.75 Å². The maximum Gasteiger partial charge on any atom is 1.00 e. The van der Waals surface area contributed by atoms with Crippen LogP contribution >= 0.6 is 0 Å². The summed E-state index contributed by atoms with van der Waals surface area (Å²) in [7, 11) is -10.2. The maximum absolute atomic E-state index is 11.7. The van der Waals surface area contributed by atoms with E-state index in [2.05, 4.69) is 10.2 Å². The average molecular weight is 452 g/mol. The summed E-state index contributed by atoms with van der Waals surface area (Å²) in [4.78, 5) is -1.88. The quantitative estimate of drug-likeness (QED) is 0.248. The van der Waals surface area contributed by atoms with Gasteiger partial charge in [-0.15, -0.1) is 5.11 Å². The van der Waals surface area contributed by atoms with Gasteiger partial charge in [-0.05, 0) is 35.7 Å². The predicted octanol–water partition coefficient (Wildman–Crippen LogP) is -3.22. The minimum absolute atomic E-state index is 0. The third-order valence-electron chi connectivity index (χ3n) is 3.59. The molecular weight excluding hydrogens is 442 g/mol. The SMILES string of the molecule is O=S(=O)([O-])c1cc(S(=O)(=O)[O-])c2c(N=Nc3ccccc3)c(O)ccc2c1.[Na+].[Na+]. The summed E-state index contributed by atoms with van der Waals surface area (Å²) in [5.41, 5.74) is 0.0415. The van der Waals surface area contributed by atoms with E-state index >= 15 is 0 Å². The van der Waals surface area contributed by atoms with Gasteiger partial charge in [-0.2, -0.15) is 5.11 Å². The van der Waals surface area contributed by atoms with Crippen molar-refractivity contribution in [1.29, 1.82) is 0 Å². The molecule has 0 saturated carbocycles. The van der Waals surface area contributed by atoms with Gasteiger partial charge in [-0.25, -0.2) is 16.8 Å². The first-order valence-electron chi connectivity index (χ1n) is 7.26. The first kappa shape index (κ1) is 26.2. The number of azo groups is 1. The maximum atomic E-state index is 11.7. The fourth-order valence-corrected chi connectivity index (χ4v) is 3.76. The van der Waals surface area contributed by atoms with E-state index in [1.165, 1.54) is 0 Å². The Morgan fingerprint density at radius 3 is 1.97 bits per heavy atom. The van der Waals surface area contributed by atoms with Crippen LogP contribution in [0, 0.1) is 0 Å². The van der Waals surface area contributed by atoms with Gasteiger partial charge in [0.25, 0.3) is 0 Å². The molecule has 3 aromatic carbocycles. The number of hydrogen-bond acceptors (Lipinski definition) is 9. The van der Waals surface area contributed by atoms with Crippen molar-refractivity contribution in [2.75, 3.05) is 0 Å². The second-order valence-corrected chi connectivity index (χ2v) is 8.12. The summed E-state index contributed by atoms with van der Waals surface area (Å²) < 4.78 is 68.8. The summed E-state index contributed by atoms with van der Waals surface area (Å²) in [6.45, 7) is 0. The summed E-state index contributed by atoms with van der Waals surface area (Å²) >= 11 is 0. The van der Waals surface area contributed by atoms with Crippen LogP contribution in [0.2, 0.25) is 0 Å². The first-order valence-corrected chi connectivity index (χ1v) is 10.1. The largest absolute Gasteiger partial charge is 1.00 e. The van der Waals surface area contributed by atoms with E-state index in [1.807, 2.05) is 0 Å². The third kappa shape index (κ3) is 6.07. The Kier molecular flexibility index (Phi) is 8.99. The predicted molar refractivity (Wildman–Crippen MR) is 92.2 cm³/mol. The molecule has 0 aliphatic carbocycles. The zero-order chi connectivity index (χ0) is 19.8. The van der Waals surface area contributed by atoms with Crippen LogP contribution in [0.25, 0.3) is 10.8 Å². The van der Waals surface area contributed by atoms with Crippen LogP contribution in [-0.4, -0.2) is 31.0 Å². The minimum atomic E-state index is -5.20. The molecule has 0 aliphatic rings. The standard InChI is InChI=1S/C16H12N2O7S2.2Na/c19-13-7-6-10-8-12(26(20,21)22)9-14(27(23,24)25)15(10)16(13)18-17-11-4-2-1-3-5-11;;/h1-9,19H,(H,20,21,22)(H,23,24,25);;/q;2*+1/p-2. The molecule has 13 heteroatoms. The monoisotopic (exact) mass is 452 g/mol. The normalized spacial score (nSPS) is 11.8. The number of fused-ring (bicyclic) bond motifs is 1. The molecule has 0 spiro atoms. The van der Waals surface area contributed by atoms with Gasteiger partial charge in [0.2, 0.25) is 0 Å². The fraction of sp³-hybridized carbons (Fsp3) is 0. The van der Waals surface area contributed by atoms with Crippen LogP contribution in [0.1, 0.15) is 0 Å². The summed E-state index contributed by atoms with van der Waals surface area (Å²) in [6, 6.07) is 11.9. The van der Waals surface area contributed by atoms with Crippen LogP contribution < -0.4 is 59.1 Å². The van der Waals surface area contributed by atoms with E-state index in [1.54, 1.807) is 30.3 Å². The molecule has 0 saturated heterocycles. The van der Waals surface area contributed by atoms with Crippen molar-refractivity contribution in [2.45, 2.75) is 9.79 Å². The molecule has 0 radical (unpaired) electrons. The molecule has 3 aromatic rings. The Morgan fingerprint density at radius 2 is 1.41 bits per heavy atom. The van der Waals surface area contributed by atoms with Crippen LogP contribution in [0.3, 0.4) is 0 Å². The molecular formula is C16H10N2Na2O7S2. The molecule has 0 fully saturated rings. The molecule has 0 amide bonds. The molecule has 3 rings (SSSR count). The number of phenols is 1. The van der Waals surface area contributed by atoms with E-state index in [4.69, 9.17) is 0 Å². The van der Waals surface area contributed by atoms with Gasteiger partial charge in [0.15, 0.2) is 0 Å². The Balaban J connectivity index is 0.00000210. The van der Waals surface area contributed by atoms with E-state index in [0.29, 0.717) is 11.8 Å². The van der Waals surface area contributed by atoms with Gasteiger partial charge in [0, 0.05) is 5.39 Å². The Labute approximate surface area is 210 Å². The number of hydrogen-bond donors (Lipinski definition) is 1. The molecule has 29 heavy (non-hydrogen) atoms. The van der Waals surface area contributed by atoms with Gasteiger partial charge in [0.05, 0.1) is 15.5 Å². The molecule has 9 nitrogen and oxygen atoms in total. The smallest absolute Gasteiger partial charge is 0.744 e. The number of rotatable bonds is 4. The van der Waals surface area contributed by atoms with Gasteiger partial charge in [-0.3, -0.25) is 0 Å². The molecule has 1 N–H and O–H groups in total. The van der Waals surface area contributed by atoms with Crippen molar-refractivity contribution in [3.63, 3.8) is 0 Å². The molecule has 0 aromatic heterocycles. The van der Waals surface area contributed by atoms with Crippen LogP contribution in [0.15, 0.2) is 74.6 Å². The van der Waals surface area contributed by atoms with E-state index in [-0.39, 0.29) is 75.6 Å². The average Bonchev–Trinajstić information content (AvgIpc) is 2.59. The zero-order valence-corrected chi connectivity index (χ0v) is 20.9. The van der Waals surface area contributed by atoms with Gasteiger partial charge in [-0.1, -0.05) is 24.3 Å². The second kappa shape index (κ2) is 9.96. The molecule has 0 aliphatic heterocycles. The van der Waals surface area contributed by atoms with E-state index in [0.717, 1.165) is 18.2 Å². The van der Waals surface area contributed by atoms with E-state index in [9.17, 15) is 31.0 Å². The number of aromatic hydroxyl groups is 1. The fourth-order valence-electron chi connectivity index (χ4n) is 2.42. The number of benzene rings is 3. The zero-order valence-electron chi connectivity index (χ0n) is 15.3. The van der Waals surface area contributed by atoms with Crippen molar-refractivity contribution in [1.82, 2.24) is 0 Å². The van der Waals surface area contributed by atoms with Gasteiger partial charge < -0.3 is 14.2 Å². The molecule has 0 unspecified atom stereocenters. The van der Waals surface area contributed by atoms with Crippen molar-refractivity contribution in [3.05, 3.63) is 54.6 Å². The third-order valence-corrected chi connectivity index (χ3v) is 5.26. The molecule has 140 valence electrons. The Bertz CT molecular complexity index is 1280. The van der Waals surface area contributed by atoms with Gasteiger partial charge >= 0.3 is 59.1 Å². The molecule has 0 atom stereocenters. The Hall–Kier alpha value is -0.860. The topological polar surface area (TPSA) is 159 Å². The van der Waals surface area contributed by atoms with Crippen LogP contribution in [-0.2, 0) is 20.2 Å². The van der Waals surface area contributed by atoms with Crippen molar-refractivity contribution in [3.8, 4) is 5.75 Å². The molecule has 0 heterocycles.